The first-order valence-electron chi connectivity index (χ1n) is 10.2. The van der Waals surface area contributed by atoms with E-state index in [0.717, 1.165) is 28.2 Å². The first-order valence-corrected chi connectivity index (χ1v) is 11.1. The number of nitrogens with zero attached hydrogens (tertiary/aromatic N) is 2. The maximum atomic E-state index is 13.8. The Kier molecular flexibility index (Phi) is 5.02. The van der Waals surface area contributed by atoms with Gasteiger partial charge in [0.05, 0.1) is 42.5 Å². The van der Waals surface area contributed by atoms with E-state index in [-0.39, 0.29) is 16.8 Å². The Balaban J connectivity index is 1.64. The average Bonchev–Trinajstić information content (AvgIpc) is 3.36. The van der Waals surface area contributed by atoms with Gasteiger partial charge in [0.1, 0.15) is 5.25 Å². The molecule has 0 aliphatic carbocycles. The molecule has 33 heavy (non-hydrogen) atoms. The predicted octanol–water partition coefficient (Wildman–Crippen LogP) is 3.27. The molecule has 166 valence electrons. The number of benzene rings is 2. The van der Waals surface area contributed by atoms with E-state index in [1.165, 1.54) is 19.1 Å². The number of methoxy groups -OCH3 is 2. The van der Waals surface area contributed by atoms with Crippen LogP contribution >= 0.6 is 11.8 Å². The molecular formula is C24H20N4O4S. The number of carbonyl (C=O) groups excluding carboxylic acids is 2. The molecule has 9 heteroatoms. The van der Waals surface area contributed by atoms with Crippen LogP contribution in [0.4, 0.5) is 5.69 Å². The Labute approximate surface area is 193 Å². The molecule has 3 unspecified atom stereocenters. The molecule has 0 spiro atoms. The molecule has 1 saturated heterocycles. The highest BCUT2D eigenvalue weighted by Crippen LogP contribution is 2.52. The van der Waals surface area contributed by atoms with Crippen LogP contribution in [0, 0.1) is 17.2 Å². The number of nitriles is 1. The summed E-state index contributed by atoms with van der Waals surface area (Å²) in [6.45, 7) is 0. The number of rotatable bonds is 4. The van der Waals surface area contributed by atoms with Crippen molar-refractivity contribution in [2.45, 2.75) is 11.2 Å². The van der Waals surface area contributed by atoms with Gasteiger partial charge < -0.3 is 20.2 Å². The third kappa shape index (κ3) is 3.06. The Morgan fingerprint density at radius 1 is 1.09 bits per heavy atom. The van der Waals surface area contributed by atoms with Gasteiger partial charge in [0.15, 0.2) is 11.5 Å². The van der Waals surface area contributed by atoms with Gasteiger partial charge in [-0.05, 0) is 23.8 Å². The van der Waals surface area contributed by atoms with Crippen LogP contribution in [0.5, 0.6) is 11.5 Å². The summed E-state index contributed by atoms with van der Waals surface area (Å²) in [7, 11) is 3.00. The van der Waals surface area contributed by atoms with E-state index in [1.807, 2.05) is 24.3 Å². The maximum Gasteiger partial charge on any atom is 0.248 e. The Bertz CT molecular complexity index is 1370. The summed E-state index contributed by atoms with van der Waals surface area (Å²) in [6.07, 6.45) is 1.80. The van der Waals surface area contributed by atoms with Crippen LogP contribution in [0.2, 0.25) is 0 Å². The van der Waals surface area contributed by atoms with Gasteiger partial charge in [-0.25, -0.2) is 4.90 Å². The third-order valence-electron chi connectivity index (χ3n) is 6.19. The van der Waals surface area contributed by atoms with Crippen molar-refractivity contribution in [3.8, 4) is 17.6 Å². The summed E-state index contributed by atoms with van der Waals surface area (Å²) in [4.78, 5) is 31.6. The molecule has 2 aliphatic rings. The van der Waals surface area contributed by atoms with Crippen LogP contribution in [0.1, 0.15) is 11.5 Å². The number of ether oxygens (including phenoxy) is 2. The smallest absolute Gasteiger partial charge is 0.248 e. The number of thioether (sulfide) groups is 1. The van der Waals surface area contributed by atoms with Gasteiger partial charge >= 0.3 is 0 Å². The number of hydrogen-bond acceptors (Lipinski definition) is 7. The second-order valence-electron chi connectivity index (χ2n) is 7.77. The summed E-state index contributed by atoms with van der Waals surface area (Å²) >= 11 is 1.08. The van der Waals surface area contributed by atoms with E-state index < -0.39 is 17.1 Å². The third-order valence-corrected chi connectivity index (χ3v) is 7.41. The number of aromatic nitrogens is 1. The SMILES string of the molecule is COc1ccc(N2C(=O)C3SC(N)=C(C#N)C(c4c[nH]c5ccccc45)C3C2=O)cc1OC. The zero-order valence-corrected chi connectivity index (χ0v) is 18.7. The van der Waals surface area contributed by atoms with E-state index in [4.69, 9.17) is 15.2 Å². The second-order valence-corrected chi connectivity index (χ2v) is 8.96. The minimum absolute atomic E-state index is 0.268. The molecule has 1 aromatic heterocycles. The fourth-order valence-corrected chi connectivity index (χ4v) is 5.89. The Morgan fingerprint density at radius 3 is 2.58 bits per heavy atom. The zero-order chi connectivity index (χ0) is 23.3. The molecule has 0 bridgehead atoms. The number of allylic oxidation sites excluding steroid dienone is 1. The van der Waals surface area contributed by atoms with Crippen LogP contribution in [-0.2, 0) is 9.59 Å². The van der Waals surface area contributed by atoms with Crippen LogP contribution in [0.3, 0.4) is 0 Å². The first kappa shape index (κ1) is 21.0. The van der Waals surface area contributed by atoms with Gasteiger partial charge in [-0.1, -0.05) is 30.0 Å². The van der Waals surface area contributed by atoms with Gasteiger partial charge in [0, 0.05) is 29.1 Å². The fourth-order valence-electron chi connectivity index (χ4n) is 4.69. The lowest BCUT2D eigenvalue weighted by molar-refractivity contribution is -0.122. The van der Waals surface area contributed by atoms with Crippen LogP contribution in [-0.4, -0.2) is 36.3 Å². The number of aromatic amines is 1. The largest absolute Gasteiger partial charge is 0.493 e. The van der Waals surface area contributed by atoms with Crippen molar-refractivity contribution in [1.82, 2.24) is 4.98 Å². The summed E-state index contributed by atoms with van der Waals surface area (Å²) in [5.41, 5.74) is 8.60. The van der Waals surface area contributed by atoms with Crippen molar-refractivity contribution < 1.29 is 19.1 Å². The number of carbonyl (C=O) groups is 2. The van der Waals surface area contributed by atoms with E-state index in [0.29, 0.717) is 22.8 Å². The molecule has 3 heterocycles. The van der Waals surface area contributed by atoms with Crippen LogP contribution in [0.25, 0.3) is 10.9 Å². The van der Waals surface area contributed by atoms with Gasteiger partial charge in [-0.3, -0.25) is 9.59 Å². The van der Waals surface area contributed by atoms with Crippen LogP contribution < -0.4 is 20.1 Å². The number of amides is 2. The molecule has 8 nitrogen and oxygen atoms in total. The lowest BCUT2D eigenvalue weighted by Gasteiger charge is -2.30. The molecule has 2 amide bonds. The quantitative estimate of drug-likeness (QED) is 0.573. The number of hydrogen-bond donors (Lipinski definition) is 2. The second kappa shape index (κ2) is 7.90. The molecule has 0 saturated carbocycles. The van der Waals surface area contributed by atoms with E-state index >= 15 is 0 Å². The summed E-state index contributed by atoms with van der Waals surface area (Å²) in [5, 5.41) is 10.4. The standard InChI is InChI=1S/C24H20N4O4S/c1-31-17-8-7-12(9-18(17)32-2)28-23(29)20-19(14(10-25)22(26)33-21(20)24(28)30)15-11-27-16-6-4-3-5-13(15)16/h3-9,11,19-21,27H,26H2,1-2H3. The molecule has 3 atom stereocenters. The highest BCUT2D eigenvalue weighted by atomic mass is 32.2. The van der Waals surface area contributed by atoms with Crippen molar-refractivity contribution in [2.75, 3.05) is 19.1 Å². The molecular weight excluding hydrogens is 440 g/mol. The molecule has 3 aromatic rings. The topological polar surface area (TPSA) is 121 Å². The molecule has 1 fully saturated rings. The van der Waals surface area contributed by atoms with Crippen molar-refractivity contribution in [2.24, 2.45) is 11.7 Å². The van der Waals surface area contributed by atoms with Crippen molar-refractivity contribution >= 4 is 40.2 Å². The van der Waals surface area contributed by atoms with Crippen molar-refractivity contribution in [1.29, 1.82) is 5.26 Å². The number of para-hydroxylation sites is 1. The summed E-state index contributed by atoms with van der Waals surface area (Å²) < 4.78 is 10.6. The number of imide groups is 1. The summed E-state index contributed by atoms with van der Waals surface area (Å²) in [6, 6.07) is 14.7. The van der Waals surface area contributed by atoms with Gasteiger partial charge in [-0.2, -0.15) is 5.26 Å². The van der Waals surface area contributed by atoms with Gasteiger partial charge in [0.25, 0.3) is 0 Å². The molecule has 0 radical (unpaired) electrons. The Hall–Kier alpha value is -3.90. The number of H-pyrrole nitrogens is 1. The minimum atomic E-state index is -0.767. The van der Waals surface area contributed by atoms with E-state index in [1.54, 1.807) is 24.4 Å². The first-order chi connectivity index (χ1) is 16.0. The normalized spacial score (nSPS) is 22.5. The lowest BCUT2D eigenvalue weighted by Crippen LogP contribution is -2.33. The van der Waals surface area contributed by atoms with Crippen molar-refractivity contribution in [3.05, 3.63) is 64.8 Å². The molecule has 2 aromatic carbocycles. The fraction of sp³-hybridized carbons (Fsp3) is 0.208. The van der Waals surface area contributed by atoms with E-state index in [9.17, 15) is 14.9 Å². The monoisotopic (exact) mass is 460 g/mol. The molecule has 5 rings (SSSR count). The van der Waals surface area contributed by atoms with Crippen LogP contribution in [0.15, 0.2) is 59.3 Å². The number of anilines is 1. The zero-order valence-electron chi connectivity index (χ0n) is 17.9. The maximum absolute atomic E-state index is 13.8. The van der Waals surface area contributed by atoms with E-state index in [2.05, 4.69) is 11.1 Å². The van der Waals surface area contributed by atoms with Crippen molar-refractivity contribution in [3.63, 3.8) is 0 Å². The summed E-state index contributed by atoms with van der Waals surface area (Å²) in [5.74, 6) is -1.26. The highest BCUT2D eigenvalue weighted by molar-refractivity contribution is 8.04. The minimum Gasteiger partial charge on any atom is -0.493 e. The number of nitrogens with two attached hydrogens (primary N) is 1. The highest BCUT2D eigenvalue weighted by Gasteiger charge is 2.56. The number of fused-ring (bicyclic) bond motifs is 2. The molecule has 2 aliphatic heterocycles. The predicted molar refractivity (Wildman–Crippen MR) is 125 cm³/mol. The van der Waals surface area contributed by atoms with Gasteiger partial charge in [-0.15, -0.1) is 0 Å². The molecule has 3 N–H and O–H groups in total. The van der Waals surface area contributed by atoms with Gasteiger partial charge in [0.2, 0.25) is 11.8 Å². The average molecular weight is 461 g/mol. The Morgan fingerprint density at radius 2 is 1.85 bits per heavy atom. The lowest BCUT2D eigenvalue weighted by atomic mass is 9.79. The number of nitrogens with one attached hydrogen (secondary N) is 1.